The van der Waals surface area contributed by atoms with E-state index in [2.05, 4.69) is 38.1 Å². The Morgan fingerprint density at radius 3 is 0.833 bits per heavy atom. The lowest BCUT2D eigenvalue weighted by Crippen LogP contribution is -2.12. The Kier molecular flexibility index (Phi) is 18.0. The molecule has 0 atom stereocenters. The lowest BCUT2D eigenvalue weighted by atomic mass is 9.85. The number of fused-ring (bicyclic) bond motifs is 4. The molecular formula is C54H66O6. The van der Waals surface area contributed by atoms with Crippen LogP contribution in [-0.4, -0.2) is 25.5 Å². The SMILES string of the molecule is CCCCCCCCCCCCOC(=O)Oc1c2ccccc2c(-c2c3ccccc3c(OC(=O)OCCCCCCCCCCCC)c3ccccc23)c2ccccc12. The van der Waals surface area contributed by atoms with Crippen molar-refractivity contribution in [2.45, 2.75) is 142 Å². The van der Waals surface area contributed by atoms with Crippen LogP contribution in [0.25, 0.3) is 54.2 Å². The number of carbonyl (C=O) groups is 2. The third-order valence-electron chi connectivity index (χ3n) is 11.8. The maximum atomic E-state index is 13.3. The van der Waals surface area contributed by atoms with Gasteiger partial charge in [0.25, 0.3) is 0 Å². The molecule has 0 saturated heterocycles. The predicted molar refractivity (Wildman–Crippen MR) is 250 cm³/mol. The topological polar surface area (TPSA) is 71.1 Å². The van der Waals surface area contributed by atoms with Gasteiger partial charge in [-0.3, -0.25) is 0 Å². The van der Waals surface area contributed by atoms with E-state index in [0.29, 0.717) is 24.7 Å². The number of ether oxygens (including phenoxy) is 4. The summed E-state index contributed by atoms with van der Waals surface area (Å²) in [5, 5.41) is 7.00. The van der Waals surface area contributed by atoms with Gasteiger partial charge in [0.1, 0.15) is 11.5 Å². The first-order valence-electron chi connectivity index (χ1n) is 23.2. The van der Waals surface area contributed by atoms with Gasteiger partial charge >= 0.3 is 12.3 Å². The first kappa shape index (κ1) is 44.5. The minimum atomic E-state index is -0.688. The summed E-state index contributed by atoms with van der Waals surface area (Å²) in [6, 6.07) is 32.3. The molecule has 6 heteroatoms. The van der Waals surface area contributed by atoms with E-state index in [4.69, 9.17) is 18.9 Å². The number of rotatable bonds is 25. The number of benzene rings is 6. The predicted octanol–water partition coefficient (Wildman–Crippen LogP) is 16.8. The van der Waals surface area contributed by atoms with Crippen LogP contribution in [0.4, 0.5) is 9.59 Å². The van der Waals surface area contributed by atoms with E-state index >= 15 is 0 Å². The van der Waals surface area contributed by atoms with Gasteiger partial charge in [-0.2, -0.15) is 0 Å². The van der Waals surface area contributed by atoms with Crippen LogP contribution in [0.5, 0.6) is 11.5 Å². The molecule has 6 nitrogen and oxygen atoms in total. The normalized spacial score (nSPS) is 11.4. The lowest BCUT2D eigenvalue weighted by molar-refractivity contribution is 0.0972. The molecule has 0 radical (unpaired) electrons. The summed E-state index contributed by atoms with van der Waals surface area (Å²) in [6.45, 7) is 5.17. The molecule has 0 saturated carbocycles. The third-order valence-corrected chi connectivity index (χ3v) is 11.8. The van der Waals surface area contributed by atoms with Crippen molar-refractivity contribution in [3.05, 3.63) is 97.1 Å². The smallest absolute Gasteiger partial charge is 0.434 e. The van der Waals surface area contributed by atoms with Gasteiger partial charge in [-0.05, 0) is 45.5 Å². The van der Waals surface area contributed by atoms with E-state index in [9.17, 15) is 9.59 Å². The second-order valence-electron chi connectivity index (χ2n) is 16.4. The Bertz CT molecular complexity index is 2000. The fraction of sp³-hybridized carbons (Fsp3) is 0.444. The van der Waals surface area contributed by atoms with E-state index in [0.717, 1.165) is 92.7 Å². The van der Waals surface area contributed by atoms with Gasteiger partial charge in [-0.25, -0.2) is 9.59 Å². The zero-order chi connectivity index (χ0) is 41.8. The second kappa shape index (κ2) is 24.2. The molecule has 6 aromatic rings. The van der Waals surface area contributed by atoms with Crippen molar-refractivity contribution >= 4 is 55.4 Å². The van der Waals surface area contributed by atoms with Crippen molar-refractivity contribution < 1.29 is 28.5 Å². The van der Waals surface area contributed by atoms with Crippen LogP contribution in [0, 0.1) is 0 Å². The molecule has 0 aliphatic rings. The highest BCUT2D eigenvalue weighted by Gasteiger charge is 2.24. The molecule has 0 bridgehead atoms. The van der Waals surface area contributed by atoms with E-state index in [1.54, 1.807) is 0 Å². The summed E-state index contributed by atoms with van der Waals surface area (Å²) in [6.07, 6.45) is 22.9. The van der Waals surface area contributed by atoms with Crippen molar-refractivity contribution in [3.63, 3.8) is 0 Å². The Morgan fingerprint density at radius 2 is 0.567 bits per heavy atom. The number of hydrogen-bond donors (Lipinski definition) is 0. The number of carbonyl (C=O) groups excluding carboxylic acids is 2. The van der Waals surface area contributed by atoms with Gasteiger partial charge < -0.3 is 18.9 Å². The molecule has 0 unspecified atom stereocenters. The highest BCUT2D eigenvalue weighted by Crippen LogP contribution is 2.49. The summed E-state index contributed by atoms with van der Waals surface area (Å²) >= 11 is 0. The molecule has 0 amide bonds. The maximum Gasteiger partial charge on any atom is 0.513 e. The van der Waals surface area contributed by atoms with E-state index < -0.39 is 12.3 Å². The fourth-order valence-corrected chi connectivity index (χ4v) is 8.65. The minimum Gasteiger partial charge on any atom is -0.434 e. The van der Waals surface area contributed by atoms with Crippen molar-refractivity contribution in [2.24, 2.45) is 0 Å². The van der Waals surface area contributed by atoms with E-state index in [1.807, 2.05) is 72.8 Å². The number of hydrogen-bond acceptors (Lipinski definition) is 6. The third kappa shape index (κ3) is 12.0. The van der Waals surface area contributed by atoms with E-state index in [-0.39, 0.29) is 0 Å². The molecule has 6 aromatic carbocycles. The van der Waals surface area contributed by atoms with E-state index in [1.165, 1.54) is 89.9 Å². The van der Waals surface area contributed by atoms with Gasteiger partial charge in [-0.1, -0.05) is 226 Å². The number of unbranched alkanes of at least 4 members (excludes halogenated alkanes) is 18. The molecule has 0 aliphatic heterocycles. The van der Waals surface area contributed by atoms with Crippen LogP contribution in [0.2, 0.25) is 0 Å². The molecule has 6 rings (SSSR count). The average molecular weight is 811 g/mol. The summed E-state index contributed by atoms with van der Waals surface area (Å²) in [4.78, 5) is 26.5. The van der Waals surface area contributed by atoms with Gasteiger partial charge in [0.05, 0.1) is 13.2 Å². The Hall–Kier alpha value is -5.10. The van der Waals surface area contributed by atoms with Crippen molar-refractivity contribution in [1.82, 2.24) is 0 Å². The van der Waals surface area contributed by atoms with Crippen LogP contribution in [0.1, 0.15) is 142 Å². The Balaban J connectivity index is 1.20. The molecule has 318 valence electrons. The second-order valence-corrected chi connectivity index (χ2v) is 16.4. The molecular weight excluding hydrogens is 745 g/mol. The van der Waals surface area contributed by atoms with Crippen LogP contribution in [0.3, 0.4) is 0 Å². The largest absolute Gasteiger partial charge is 0.513 e. The van der Waals surface area contributed by atoms with Crippen molar-refractivity contribution in [3.8, 4) is 22.6 Å². The van der Waals surface area contributed by atoms with Crippen molar-refractivity contribution in [2.75, 3.05) is 13.2 Å². The van der Waals surface area contributed by atoms with Crippen LogP contribution in [-0.2, 0) is 9.47 Å². The van der Waals surface area contributed by atoms with Gasteiger partial charge in [0.2, 0.25) is 0 Å². The average Bonchev–Trinajstić information content (AvgIpc) is 3.28. The van der Waals surface area contributed by atoms with Crippen LogP contribution >= 0.6 is 0 Å². The van der Waals surface area contributed by atoms with Crippen LogP contribution < -0.4 is 9.47 Å². The first-order chi connectivity index (χ1) is 29.6. The summed E-state index contributed by atoms with van der Waals surface area (Å²) in [7, 11) is 0. The lowest BCUT2D eigenvalue weighted by Gasteiger charge is -2.21. The molecule has 0 fully saturated rings. The zero-order valence-electron chi connectivity index (χ0n) is 36.2. The zero-order valence-corrected chi connectivity index (χ0v) is 36.2. The van der Waals surface area contributed by atoms with Crippen molar-refractivity contribution in [1.29, 1.82) is 0 Å². The summed E-state index contributed by atoms with van der Waals surface area (Å²) in [5.74, 6) is 0.966. The standard InChI is InChI=1S/C54H66O6/c1-3-5-7-9-11-13-15-17-19-29-39-57-53(55)59-51-45-35-25-21-31-41(45)49(42-32-22-26-36-46(42)51)50-43-33-23-27-37-47(43)52(48-38-28-24-34-44(48)50)60-54(56)58-40-30-20-18-16-14-12-10-8-6-4-2/h21-28,31-38H,3-20,29-30,39-40H2,1-2H3. The fourth-order valence-electron chi connectivity index (χ4n) is 8.65. The highest BCUT2D eigenvalue weighted by atomic mass is 16.7. The molecule has 0 aliphatic carbocycles. The monoisotopic (exact) mass is 810 g/mol. The van der Waals surface area contributed by atoms with Gasteiger partial charge in [0.15, 0.2) is 0 Å². The summed E-state index contributed by atoms with van der Waals surface area (Å²) < 4.78 is 23.5. The summed E-state index contributed by atoms with van der Waals surface area (Å²) in [5.41, 5.74) is 2.02. The maximum absolute atomic E-state index is 13.3. The Morgan fingerprint density at radius 1 is 0.333 bits per heavy atom. The first-order valence-corrected chi connectivity index (χ1v) is 23.2. The molecule has 0 heterocycles. The molecule has 0 spiro atoms. The molecule has 0 N–H and O–H groups in total. The molecule has 0 aromatic heterocycles. The quantitative estimate of drug-likeness (QED) is 0.0248. The molecule has 60 heavy (non-hydrogen) atoms. The Labute approximate surface area is 357 Å². The van der Waals surface area contributed by atoms with Gasteiger partial charge in [0, 0.05) is 21.5 Å². The van der Waals surface area contributed by atoms with Crippen LogP contribution in [0.15, 0.2) is 97.1 Å². The van der Waals surface area contributed by atoms with Gasteiger partial charge in [-0.15, -0.1) is 0 Å². The minimum absolute atomic E-state index is 0.336. The highest BCUT2D eigenvalue weighted by molar-refractivity contribution is 6.26.